The van der Waals surface area contributed by atoms with E-state index in [1.165, 1.54) is 12.1 Å². The van der Waals surface area contributed by atoms with Crippen molar-refractivity contribution >= 4 is 11.4 Å². The minimum absolute atomic E-state index is 0.264. The molecule has 0 unspecified atom stereocenters. The lowest BCUT2D eigenvalue weighted by molar-refractivity contribution is -0.384. The molecule has 0 fully saturated rings. The van der Waals surface area contributed by atoms with Gasteiger partial charge in [-0.15, -0.1) is 0 Å². The fourth-order valence-corrected chi connectivity index (χ4v) is 1.75. The summed E-state index contributed by atoms with van der Waals surface area (Å²) in [6, 6.07) is 3.46. The monoisotopic (exact) mass is 264 g/mol. The molecule has 7 heteroatoms. The van der Waals surface area contributed by atoms with Crippen molar-refractivity contribution in [1.29, 1.82) is 0 Å². The van der Waals surface area contributed by atoms with E-state index in [0.717, 1.165) is 11.9 Å². The molecule has 0 amide bonds. The Morgan fingerprint density at radius 2 is 2.32 bits per heavy atom. The van der Waals surface area contributed by atoms with Gasteiger partial charge in [0, 0.05) is 32.4 Å². The van der Waals surface area contributed by atoms with Gasteiger partial charge in [-0.2, -0.15) is 0 Å². The summed E-state index contributed by atoms with van der Waals surface area (Å²) in [7, 11) is 1.88. The largest absolute Gasteiger partial charge is 0.379 e. The van der Waals surface area contributed by atoms with E-state index >= 15 is 0 Å². The summed E-state index contributed by atoms with van der Waals surface area (Å²) in [5.74, 6) is 0.249. The molecule has 0 radical (unpaired) electrons. The van der Waals surface area contributed by atoms with Crippen LogP contribution in [-0.2, 0) is 13.5 Å². The summed E-state index contributed by atoms with van der Waals surface area (Å²) in [6.45, 7) is 0.483. The highest BCUT2D eigenvalue weighted by molar-refractivity contribution is 5.61. The number of halogens is 1. The molecule has 0 aliphatic carbocycles. The van der Waals surface area contributed by atoms with Crippen LogP contribution in [0.15, 0.2) is 30.6 Å². The maximum atomic E-state index is 13.0. The third-order valence-electron chi connectivity index (χ3n) is 2.74. The van der Waals surface area contributed by atoms with Gasteiger partial charge in [0.1, 0.15) is 17.3 Å². The van der Waals surface area contributed by atoms with Crippen LogP contribution in [0.4, 0.5) is 15.8 Å². The number of nitro benzene ring substituents is 1. The summed E-state index contributed by atoms with van der Waals surface area (Å²) >= 11 is 0. The van der Waals surface area contributed by atoms with Gasteiger partial charge in [-0.05, 0) is 12.1 Å². The highest BCUT2D eigenvalue weighted by Gasteiger charge is 2.14. The summed E-state index contributed by atoms with van der Waals surface area (Å²) in [4.78, 5) is 14.3. The molecule has 0 bridgehead atoms. The number of hydrogen-bond donors (Lipinski definition) is 1. The van der Waals surface area contributed by atoms with Crippen molar-refractivity contribution in [3.8, 4) is 0 Å². The van der Waals surface area contributed by atoms with Crippen molar-refractivity contribution in [1.82, 2.24) is 9.55 Å². The Balaban J connectivity index is 2.03. The van der Waals surface area contributed by atoms with Crippen molar-refractivity contribution in [2.75, 3.05) is 11.9 Å². The summed E-state index contributed by atoms with van der Waals surface area (Å²) in [5.41, 5.74) is 0.0421. The van der Waals surface area contributed by atoms with Crippen LogP contribution in [0, 0.1) is 15.9 Å². The summed E-state index contributed by atoms with van der Waals surface area (Å²) in [5, 5.41) is 13.7. The summed E-state index contributed by atoms with van der Waals surface area (Å²) < 4.78 is 14.8. The minimum atomic E-state index is -0.624. The highest BCUT2D eigenvalue weighted by atomic mass is 19.1. The molecule has 2 aromatic rings. The molecule has 0 saturated heterocycles. The number of aromatic nitrogens is 2. The van der Waals surface area contributed by atoms with Crippen LogP contribution in [0.1, 0.15) is 5.82 Å². The Morgan fingerprint density at radius 1 is 1.53 bits per heavy atom. The first-order chi connectivity index (χ1) is 9.08. The number of nitrogens with zero attached hydrogens (tertiary/aromatic N) is 3. The standard InChI is InChI=1S/C12H13FN4O2/c1-16-7-6-15-12(16)4-5-14-10-3-2-9(13)8-11(10)17(18)19/h2-3,6-8,14H,4-5H2,1H3. The second-order valence-corrected chi connectivity index (χ2v) is 4.05. The fraction of sp³-hybridized carbons (Fsp3) is 0.250. The van der Waals surface area contributed by atoms with Crippen LogP contribution in [-0.4, -0.2) is 21.0 Å². The van der Waals surface area contributed by atoms with Crippen LogP contribution in [0.2, 0.25) is 0 Å². The zero-order valence-corrected chi connectivity index (χ0v) is 10.3. The van der Waals surface area contributed by atoms with Gasteiger partial charge in [-0.25, -0.2) is 9.37 Å². The number of benzene rings is 1. The smallest absolute Gasteiger partial charge is 0.295 e. The average Bonchev–Trinajstić information content (AvgIpc) is 2.77. The number of nitro groups is 1. The van der Waals surface area contributed by atoms with Crippen molar-refractivity contribution in [2.24, 2.45) is 7.05 Å². The van der Waals surface area contributed by atoms with E-state index in [9.17, 15) is 14.5 Å². The summed E-state index contributed by atoms with van der Waals surface area (Å²) in [6.07, 6.45) is 4.14. The van der Waals surface area contributed by atoms with Gasteiger partial charge >= 0.3 is 0 Å². The lowest BCUT2D eigenvalue weighted by atomic mass is 10.2. The first-order valence-corrected chi connectivity index (χ1v) is 5.72. The second-order valence-electron chi connectivity index (χ2n) is 4.05. The molecule has 1 heterocycles. The Morgan fingerprint density at radius 3 is 2.95 bits per heavy atom. The Kier molecular flexibility index (Phi) is 3.74. The van der Waals surface area contributed by atoms with E-state index in [4.69, 9.17) is 0 Å². The number of rotatable bonds is 5. The van der Waals surface area contributed by atoms with Crippen molar-refractivity contribution in [3.63, 3.8) is 0 Å². The quantitative estimate of drug-likeness (QED) is 0.663. The first kappa shape index (κ1) is 13.0. The topological polar surface area (TPSA) is 73.0 Å². The van der Waals surface area contributed by atoms with E-state index in [1.54, 1.807) is 6.20 Å². The van der Waals surface area contributed by atoms with Crippen LogP contribution < -0.4 is 5.32 Å². The number of aryl methyl sites for hydroxylation is 1. The maximum absolute atomic E-state index is 13.0. The first-order valence-electron chi connectivity index (χ1n) is 5.72. The van der Waals surface area contributed by atoms with Crippen LogP contribution in [0.3, 0.4) is 0 Å². The average molecular weight is 264 g/mol. The van der Waals surface area contributed by atoms with Crippen molar-refractivity contribution in [2.45, 2.75) is 6.42 Å². The molecule has 100 valence electrons. The molecule has 1 N–H and O–H groups in total. The molecule has 2 rings (SSSR count). The molecule has 1 aromatic carbocycles. The van der Waals surface area contributed by atoms with Gasteiger partial charge in [0.25, 0.3) is 5.69 Å². The van der Waals surface area contributed by atoms with E-state index in [1.807, 2.05) is 17.8 Å². The van der Waals surface area contributed by atoms with Gasteiger partial charge in [0.05, 0.1) is 11.0 Å². The Bertz CT molecular complexity index is 597. The number of anilines is 1. The predicted octanol–water partition coefficient (Wildman–Crippen LogP) is 2.12. The lowest BCUT2D eigenvalue weighted by Gasteiger charge is -2.07. The van der Waals surface area contributed by atoms with E-state index in [-0.39, 0.29) is 5.69 Å². The van der Waals surface area contributed by atoms with Crippen molar-refractivity contribution in [3.05, 3.63) is 52.3 Å². The Labute approximate surface area is 109 Å². The number of hydrogen-bond acceptors (Lipinski definition) is 4. The highest BCUT2D eigenvalue weighted by Crippen LogP contribution is 2.24. The van der Waals surface area contributed by atoms with Gasteiger partial charge in [-0.3, -0.25) is 10.1 Å². The Hall–Kier alpha value is -2.44. The van der Waals surface area contributed by atoms with Crippen LogP contribution in [0.25, 0.3) is 0 Å². The van der Waals surface area contributed by atoms with Gasteiger partial charge in [-0.1, -0.05) is 0 Å². The molecule has 0 aliphatic rings. The number of imidazole rings is 1. The molecule has 19 heavy (non-hydrogen) atoms. The van der Waals surface area contributed by atoms with Gasteiger partial charge < -0.3 is 9.88 Å². The third-order valence-corrected chi connectivity index (χ3v) is 2.74. The lowest BCUT2D eigenvalue weighted by Crippen LogP contribution is -2.10. The van der Waals surface area contributed by atoms with Crippen molar-refractivity contribution < 1.29 is 9.31 Å². The number of nitrogens with one attached hydrogen (secondary N) is 1. The molecule has 0 saturated carbocycles. The van der Waals surface area contributed by atoms with Gasteiger partial charge in [0.2, 0.25) is 0 Å². The molecule has 0 spiro atoms. The zero-order valence-electron chi connectivity index (χ0n) is 10.3. The zero-order chi connectivity index (χ0) is 13.8. The third kappa shape index (κ3) is 3.06. The molecule has 6 nitrogen and oxygen atoms in total. The molecule has 0 aliphatic heterocycles. The predicted molar refractivity (Wildman–Crippen MR) is 68.5 cm³/mol. The minimum Gasteiger partial charge on any atom is -0.379 e. The molecular formula is C12H13FN4O2. The molecule has 1 aromatic heterocycles. The second kappa shape index (κ2) is 5.47. The van der Waals surface area contributed by atoms with Crippen LogP contribution in [0.5, 0.6) is 0 Å². The molecular weight excluding hydrogens is 251 g/mol. The molecule has 0 atom stereocenters. The van der Waals surface area contributed by atoms with E-state index in [2.05, 4.69) is 10.3 Å². The van der Waals surface area contributed by atoms with E-state index in [0.29, 0.717) is 18.7 Å². The fourth-order valence-electron chi connectivity index (χ4n) is 1.75. The SMILES string of the molecule is Cn1ccnc1CCNc1ccc(F)cc1[N+](=O)[O-]. The normalized spacial score (nSPS) is 10.4. The van der Waals surface area contributed by atoms with Crippen LogP contribution >= 0.6 is 0 Å². The van der Waals surface area contributed by atoms with Gasteiger partial charge in [0.15, 0.2) is 0 Å². The van der Waals surface area contributed by atoms with E-state index < -0.39 is 10.7 Å². The maximum Gasteiger partial charge on any atom is 0.295 e.